The molecule has 1 aliphatic heterocycles. The molecule has 1 heterocycles. The Labute approximate surface area is 85.2 Å². The van der Waals surface area contributed by atoms with E-state index in [1.807, 2.05) is 0 Å². The maximum Gasteiger partial charge on any atom is 0.225 e. The molecule has 0 aromatic carbocycles. The molecule has 1 amide bonds. The molecule has 80 valence electrons. The Kier molecular flexibility index (Phi) is 3.06. The second kappa shape index (κ2) is 4.30. The Morgan fingerprint density at radius 2 is 2.07 bits per heavy atom. The molecule has 14 heavy (non-hydrogen) atoms. The first-order valence-corrected chi connectivity index (χ1v) is 5.62. The Morgan fingerprint density at radius 3 is 2.64 bits per heavy atom. The van der Waals surface area contributed by atoms with Crippen LogP contribution in [-0.2, 0) is 9.53 Å². The quantitative estimate of drug-likeness (QED) is 0.693. The highest BCUT2D eigenvalue weighted by Crippen LogP contribution is 2.35. The van der Waals surface area contributed by atoms with Crippen LogP contribution < -0.4 is 5.32 Å². The first kappa shape index (κ1) is 9.97. The van der Waals surface area contributed by atoms with Crippen LogP contribution >= 0.6 is 0 Å². The first-order valence-electron chi connectivity index (χ1n) is 5.62. The third-order valence-corrected chi connectivity index (χ3v) is 3.57. The largest absolute Gasteiger partial charge is 0.383 e. The van der Waals surface area contributed by atoms with E-state index in [9.17, 15) is 4.79 Å². The van der Waals surface area contributed by atoms with Gasteiger partial charge in [-0.3, -0.25) is 4.79 Å². The number of carbonyl (C=O) groups is 1. The van der Waals surface area contributed by atoms with Crippen molar-refractivity contribution in [3.63, 3.8) is 0 Å². The van der Waals surface area contributed by atoms with Crippen LogP contribution in [0.2, 0.25) is 0 Å². The SMILES string of the molecule is COCC1NC(=O)C1C1CCCCC1. The van der Waals surface area contributed by atoms with Gasteiger partial charge in [0, 0.05) is 7.11 Å². The Hall–Kier alpha value is -0.570. The smallest absolute Gasteiger partial charge is 0.225 e. The van der Waals surface area contributed by atoms with Crippen LogP contribution in [0.4, 0.5) is 0 Å². The molecule has 2 rings (SSSR count). The maximum atomic E-state index is 11.4. The van der Waals surface area contributed by atoms with Crippen molar-refractivity contribution < 1.29 is 9.53 Å². The summed E-state index contributed by atoms with van der Waals surface area (Å²) in [5.41, 5.74) is 0. The van der Waals surface area contributed by atoms with Gasteiger partial charge in [0.2, 0.25) is 5.91 Å². The molecule has 2 aliphatic rings. The number of rotatable bonds is 3. The van der Waals surface area contributed by atoms with E-state index in [0.717, 1.165) is 0 Å². The van der Waals surface area contributed by atoms with Crippen molar-refractivity contribution in [2.45, 2.75) is 38.1 Å². The van der Waals surface area contributed by atoms with Crippen molar-refractivity contribution >= 4 is 5.91 Å². The number of methoxy groups -OCH3 is 1. The summed E-state index contributed by atoms with van der Waals surface area (Å²) in [5, 5.41) is 2.93. The van der Waals surface area contributed by atoms with Crippen molar-refractivity contribution in [1.29, 1.82) is 0 Å². The van der Waals surface area contributed by atoms with E-state index < -0.39 is 0 Å². The lowest BCUT2D eigenvalue weighted by Gasteiger charge is -2.42. The van der Waals surface area contributed by atoms with Gasteiger partial charge >= 0.3 is 0 Å². The van der Waals surface area contributed by atoms with E-state index >= 15 is 0 Å². The molecule has 1 saturated carbocycles. The molecule has 0 aromatic heterocycles. The summed E-state index contributed by atoms with van der Waals surface area (Å²) in [7, 11) is 1.70. The topological polar surface area (TPSA) is 38.3 Å². The average Bonchev–Trinajstić information content (AvgIpc) is 2.19. The Morgan fingerprint density at radius 1 is 1.36 bits per heavy atom. The predicted molar refractivity (Wildman–Crippen MR) is 53.9 cm³/mol. The number of carbonyl (C=O) groups excluding carboxylic acids is 1. The highest BCUT2D eigenvalue weighted by molar-refractivity contribution is 5.86. The molecule has 3 nitrogen and oxygen atoms in total. The van der Waals surface area contributed by atoms with Crippen molar-refractivity contribution in [2.75, 3.05) is 13.7 Å². The van der Waals surface area contributed by atoms with Crippen molar-refractivity contribution in [3.8, 4) is 0 Å². The number of nitrogens with one attached hydrogen (secondary N) is 1. The van der Waals surface area contributed by atoms with Gasteiger partial charge in [-0.25, -0.2) is 0 Å². The predicted octanol–water partition coefficient (Wildman–Crippen LogP) is 1.33. The summed E-state index contributed by atoms with van der Waals surface area (Å²) in [6, 6.07) is 0.288. The summed E-state index contributed by atoms with van der Waals surface area (Å²) in [6.07, 6.45) is 6.42. The van der Waals surface area contributed by atoms with Crippen LogP contribution in [0.25, 0.3) is 0 Å². The second-order valence-corrected chi connectivity index (χ2v) is 4.49. The second-order valence-electron chi connectivity index (χ2n) is 4.49. The summed E-state index contributed by atoms with van der Waals surface area (Å²) in [6.45, 7) is 0.674. The molecule has 0 spiro atoms. The maximum absolute atomic E-state index is 11.4. The molecule has 0 bridgehead atoms. The van der Waals surface area contributed by atoms with E-state index in [4.69, 9.17) is 4.74 Å². The molecule has 2 unspecified atom stereocenters. The summed E-state index contributed by atoms with van der Waals surface area (Å²) in [5.74, 6) is 1.12. The van der Waals surface area contributed by atoms with Gasteiger partial charge in [0.25, 0.3) is 0 Å². The number of hydrogen-bond acceptors (Lipinski definition) is 2. The Balaban J connectivity index is 1.90. The van der Waals surface area contributed by atoms with Gasteiger partial charge in [0.05, 0.1) is 18.6 Å². The molecule has 0 radical (unpaired) electrons. The molecule has 1 saturated heterocycles. The molecule has 1 aliphatic carbocycles. The van der Waals surface area contributed by atoms with Gasteiger partial charge in [-0.05, 0) is 18.8 Å². The van der Waals surface area contributed by atoms with Gasteiger partial charge < -0.3 is 10.1 Å². The lowest BCUT2D eigenvalue weighted by Crippen LogP contribution is -2.62. The highest BCUT2D eigenvalue weighted by Gasteiger charge is 2.44. The fraction of sp³-hybridized carbons (Fsp3) is 0.909. The Bertz CT molecular complexity index is 211. The van der Waals surface area contributed by atoms with Crippen molar-refractivity contribution in [1.82, 2.24) is 5.32 Å². The number of β-lactam (4-membered cyclic amide) rings is 1. The molecule has 1 N–H and O–H groups in total. The molecule has 2 fully saturated rings. The molecule has 0 aromatic rings. The van der Waals surface area contributed by atoms with E-state index in [1.54, 1.807) is 7.11 Å². The standard InChI is InChI=1S/C11H19NO2/c1-14-7-9-10(11(13)12-9)8-5-3-2-4-6-8/h8-10H,2-7H2,1H3,(H,12,13). The average molecular weight is 197 g/mol. The first-order chi connectivity index (χ1) is 6.83. The van der Waals surface area contributed by atoms with Crippen molar-refractivity contribution in [3.05, 3.63) is 0 Å². The fourth-order valence-corrected chi connectivity index (χ4v) is 2.82. The normalized spacial score (nSPS) is 33.6. The highest BCUT2D eigenvalue weighted by atomic mass is 16.5. The van der Waals surface area contributed by atoms with Crippen LogP contribution in [0.3, 0.4) is 0 Å². The van der Waals surface area contributed by atoms with E-state index in [0.29, 0.717) is 12.5 Å². The summed E-state index contributed by atoms with van der Waals surface area (Å²) in [4.78, 5) is 11.4. The number of amides is 1. The zero-order valence-electron chi connectivity index (χ0n) is 8.79. The van der Waals surface area contributed by atoms with Gasteiger partial charge in [-0.1, -0.05) is 19.3 Å². The zero-order valence-corrected chi connectivity index (χ0v) is 8.79. The lowest BCUT2D eigenvalue weighted by molar-refractivity contribution is -0.140. The minimum absolute atomic E-state index is 0.246. The third kappa shape index (κ3) is 1.78. The minimum atomic E-state index is 0.246. The van der Waals surface area contributed by atoms with Gasteiger partial charge in [0.1, 0.15) is 0 Å². The van der Waals surface area contributed by atoms with Crippen LogP contribution in [-0.4, -0.2) is 25.7 Å². The van der Waals surface area contributed by atoms with Crippen LogP contribution in [0.15, 0.2) is 0 Å². The van der Waals surface area contributed by atoms with Gasteiger partial charge in [-0.15, -0.1) is 0 Å². The number of ether oxygens (including phenoxy) is 1. The van der Waals surface area contributed by atoms with Crippen LogP contribution in [0.5, 0.6) is 0 Å². The monoisotopic (exact) mass is 197 g/mol. The van der Waals surface area contributed by atoms with Crippen molar-refractivity contribution in [2.24, 2.45) is 11.8 Å². The zero-order chi connectivity index (χ0) is 9.97. The fourth-order valence-electron chi connectivity index (χ4n) is 2.82. The molecule has 2 atom stereocenters. The molecular weight excluding hydrogens is 178 g/mol. The van der Waals surface area contributed by atoms with E-state index in [2.05, 4.69) is 5.32 Å². The van der Waals surface area contributed by atoms with Crippen LogP contribution in [0, 0.1) is 11.8 Å². The van der Waals surface area contributed by atoms with Gasteiger partial charge in [-0.2, -0.15) is 0 Å². The minimum Gasteiger partial charge on any atom is -0.383 e. The van der Waals surface area contributed by atoms with Gasteiger partial charge in [0.15, 0.2) is 0 Å². The van der Waals surface area contributed by atoms with E-state index in [1.165, 1.54) is 32.1 Å². The summed E-state index contributed by atoms with van der Waals surface area (Å²) >= 11 is 0. The molecule has 3 heteroatoms. The molecular formula is C11H19NO2. The lowest BCUT2D eigenvalue weighted by atomic mass is 9.72. The number of hydrogen-bond donors (Lipinski definition) is 1. The summed E-state index contributed by atoms with van der Waals surface area (Å²) < 4.78 is 5.10. The van der Waals surface area contributed by atoms with E-state index in [-0.39, 0.29) is 17.9 Å². The van der Waals surface area contributed by atoms with Crippen LogP contribution in [0.1, 0.15) is 32.1 Å². The third-order valence-electron chi connectivity index (χ3n) is 3.57.